The van der Waals surface area contributed by atoms with Gasteiger partial charge in [-0.3, -0.25) is 0 Å². The van der Waals surface area contributed by atoms with E-state index in [4.69, 9.17) is 11.0 Å². The third-order valence-electron chi connectivity index (χ3n) is 2.72. The van der Waals surface area contributed by atoms with Crippen LogP contribution in [0.1, 0.15) is 5.56 Å². The minimum absolute atomic E-state index is 0.285. The maximum atomic E-state index is 8.83. The van der Waals surface area contributed by atoms with Gasteiger partial charge >= 0.3 is 0 Å². The van der Waals surface area contributed by atoms with E-state index in [1.165, 1.54) is 10.1 Å². The Morgan fingerprint density at radius 3 is 2.72 bits per heavy atom. The second kappa shape index (κ2) is 4.13. The number of anilines is 1. The summed E-state index contributed by atoms with van der Waals surface area (Å²) in [7, 11) is 0. The first-order valence-electron chi connectivity index (χ1n) is 5.43. The smallest absolute Gasteiger partial charge is 0.142 e. The van der Waals surface area contributed by atoms with Gasteiger partial charge in [-0.25, -0.2) is 4.98 Å². The summed E-state index contributed by atoms with van der Waals surface area (Å²) < 4.78 is 1.22. The SMILES string of the molecule is N#Cc1ccc(-c2cc3ccccc3s2)nc1N. The third-order valence-corrected chi connectivity index (χ3v) is 3.86. The van der Waals surface area contributed by atoms with Crippen molar-refractivity contribution in [3.8, 4) is 16.6 Å². The van der Waals surface area contributed by atoms with E-state index in [-0.39, 0.29) is 5.82 Å². The zero-order valence-electron chi connectivity index (χ0n) is 9.42. The zero-order valence-corrected chi connectivity index (χ0v) is 10.2. The van der Waals surface area contributed by atoms with E-state index in [2.05, 4.69) is 23.2 Å². The molecule has 3 nitrogen and oxygen atoms in total. The molecule has 0 unspecified atom stereocenters. The fraction of sp³-hybridized carbons (Fsp3) is 0. The first kappa shape index (κ1) is 10.8. The summed E-state index contributed by atoms with van der Waals surface area (Å²) in [6.07, 6.45) is 0. The van der Waals surface area contributed by atoms with Gasteiger partial charge in [0.25, 0.3) is 0 Å². The number of nitrogen functional groups attached to an aromatic ring is 1. The van der Waals surface area contributed by atoms with E-state index in [9.17, 15) is 0 Å². The summed E-state index contributed by atoms with van der Waals surface area (Å²) in [6.45, 7) is 0. The van der Waals surface area contributed by atoms with Gasteiger partial charge in [0.1, 0.15) is 11.9 Å². The van der Waals surface area contributed by atoms with Crippen LogP contribution in [-0.4, -0.2) is 4.98 Å². The molecule has 0 aliphatic heterocycles. The van der Waals surface area contributed by atoms with Crippen LogP contribution in [0.25, 0.3) is 20.7 Å². The van der Waals surface area contributed by atoms with Crippen molar-refractivity contribution in [3.05, 3.63) is 48.0 Å². The molecule has 0 saturated carbocycles. The molecule has 18 heavy (non-hydrogen) atoms. The lowest BCUT2D eigenvalue weighted by Crippen LogP contribution is -1.95. The van der Waals surface area contributed by atoms with Crippen molar-refractivity contribution < 1.29 is 0 Å². The lowest BCUT2D eigenvalue weighted by molar-refractivity contribution is 1.32. The van der Waals surface area contributed by atoms with E-state index < -0.39 is 0 Å². The number of hydrogen-bond acceptors (Lipinski definition) is 4. The number of nitrogens with two attached hydrogens (primary N) is 1. The van der Waals surface area contributed by atoms with E-state index >= 15 is 0 Å². The van der Waals surface area contributed by atoms with Crippen molar-refractivity contribution in [1.29, 1.82) is 5.26 Å². The van der Waals surface area contributed by atoms with Crippen LogP contribution in [0.15, 0.2) is 42.5 Å². The number of thiophene rings is 1. The fourth-order valence-corrected chi connectivity index (χ4v) is 2.85. The normalized spacial score (nSPS) is 10.4. The second-order valence-corrected chi connectivity index (χ2v) is 4.97. The standard InChI is InChI=1S/C14H9N3S/c15-8-10-5-6-11(17-14(10)16)13-7-9-3-1-2-4-12(9)18-13/h1-7H,(H2,16,17). The van der Waals surface area contributed by atoms with Crippen LogP contribution >= 0.6 is 11.3 Å². The first-order chi connectivity index (χ1) is 8.78. The topological polar surface area (TPSA) is 62.7 Å². The van der Waals surface area contributed by atoms with Gasteiger partial charge < -0.3 is 5.73 Å². The average Bonchev–Trinajstić information content (AvgIpc) is 2.82. The van der Waals surface area contributed by atoms with Crippen molar-refractivity contribution in [2.75, 3.05) is 5.73 Å². The van der Waals surface area contributed by atoms with Crippen LogP contribution in [-0.2, 0) is 0 Å². The van der Waals surface area contributed by atoms with Crippen LogP contribution in [0, 0.1) is 11.3 Å². The van der Waals surface area contributed by atoms with Crippen LogP contribution in [0.2, 0.25) is 0 Å². The highest BCUT2D eigenvalue weighted by Gasteiger charge is 2.07. The lowest BCUT2D eigenvalue weighted by atomic mass is 10.2. The number of aromatic nitrogens is 1. The summed E-state index contributed by atoms with van der Waals surface area (Å²) >= 11 is 1.67. The van der Waals surface area contributed by atoms with Gasteiger partial charge in [0.2, 0.25) is 0 Å². The van der Waals surface area contributed by atoms with E-state index in [1.807, 2.05) is 24.3 Å². The maximum Gasteiger partial charge on any atom is 0.142 e. The highest BCUT2D eigenvalue weighted by Crippen LogP contribution is 2.32. The Labute approximate surface area is 108 Å². The van der Waals surface area contributed by atoms with Crippen LogP contribution in [0.5, 0.6) is 0 Å². The Morgan fingerprint density at radius 2 is 2.00 bits per heavy atom. The van der Waals surface area contributed by atoms with E-state index in [1.54, 1.807) is 17.4 Å². The highest BCUT2D eigenvalue weighted by molar-refractivity contribution is 7.22. The first-order valence-corrected chi connectivity index (χ1v) is 6.25. The average molecular weight is 251 g/mol. The third kappa shape index (κ3) is 1.71. The summed E-state index contributed by atoms with van der Waals surface area (Å²) in [5, 5.41) is 10.0. The second-order valence-electron chi connectivity index (χ2n) is 3.89. The number of fused-ring (bicyclic) bond motifs is 1. The molecule has 0 fully saturated rings. The van der Waals surface area contributed by atoms with Gasteiger partial charge in [-0.1, -0.05) is 18.2 Å². The Morgan fingerprint density at radius 1 is 1.17 bits per heavy atom. The predicted molar refractivity (Wildman–Crippen MR) is 74.2 cm³/mol. The molecule has 2 heterocycles. The van der Waals surface area contributed by atoms with Crippen LogP contribution in [0.3, 0.4) is 0 Å². The van der Waals surface area contributed by atoms with Gasteiger partial charge in [0.05, 0.1) is 16.1 Å². The monoisotopic (exact) mass is 251 g/mol. The fourth-order valence-electron chi connectivity index (χ4n) is 1.81. The number of benzene rings is 1. The number of nitrogens with zero attached hydrogens (tertiary/aromatic N) is 2. The molecule has 86 valence electrons. The molecule has 1 aromatic carbocycles. The lowest BCUT2D eigenvalue weighted by Gasteiger charge is -1.99. The predicted octanol–water partition coefficient (Wildman–Crippen LogP) is 3.42. The van der Waals surface area contributed by atoms with E-state index in [0.717, 1.165) is 10.6 Å². The van der Waals surface area contributed by atoms with Crippen molar-refractivity contribution in [1.82, 2.24) is 4.98 Å². The molecule has 0 radical (unpaired) electrons. The minimum atomic E-state index is 0.285. The molecule has 0 amide bonds. The van der Waals surface area contributed by atoms with E-state index in [0.29, 0.717) is 5.56 Å². The molecule has 0 spiro atoms. The molecule has 0 aliphatic rings. The number of nitriles is 1. The van der Waals surface area contributed by atoms with Crippen molar-refractivity contribution in [3.63, 3.8) is 0 Å². The Bertz CT molecular complexity index is 735. The Kier molecular flexibility index (Phi) is 2.47. The summed E-state index contributed by atoms with van der Waals surface area (Å²) in [5.74, 6) is 0.285. The molecule has 2 aromatic heterocycles. The zero-order chi connectivity index (χ0) is 12.5. The van der Waals surface area contributed by atoms with Gasteiger partial charge in [0.15, 0.2) is 0 Å². The van der Waals surface area contributed by atoms with Gasteiger partial charge in [-0.15, -0.1) is 11.3 Å². The highest BCUT2D eigenvalue weighted by atomic mass is 32.1. The van der Waals surface area contributed by atoms with Crippen LogP contribution in [0.4, 0.5) is 5.82 Å². The summed E-state index contributed by atoms with van der Waals surface area (Å²) in [5.41, 5.74) is 6.96. The molecule has 0 atom stereocenters. The Hall–Kier alpha value is -2.38. The van der Waals surface area contributed by atoms with Crippen molar-refractivity contribution in [2.24, 2.45) is 0 Å². The minimum Gasteiger partial charge on any atom is -0.383 e. The number of pyridine rings is 1. The molecular weight excluding hydrogens is 242 g/mol. The summed E-state index contributed by atoms with van der Waals surface area (Å²) in [6, 6.07) is 15.8. The van der Waals surface area contributed by atoms with Crippen LogP contribution < -0.4 is 5.73 Å². The molecular formula is C14H9N3S. The maximum absolute atomic E-state index is 8.83. The quantitative estimate of drug-likeness (QED) is 0.720. The molecule has 2 N–H and O–H groups in total. The molecule has 4 heteroatoms. The largest absolute Gasteiger partial charge is 0.383 e. The molecule has 0 bridgehead atoms. The summed E-state index contributed by atoms with van der Waals surface area (Å²) in [4.78, 5) is 5.34. The van der Waals surface area contributed by atoms with Gasteiger partial charge in [-0.05, 0) is 29.7 Å². The molecule has 0 aliphatic carbocycles. The van der Waals surface area contributed by atoms with Crippen molar-refractivity contribution >= 4 is 27.2 Å². The van der Waals surface area contributed by atoms with Gasteiger partial charge in [-0.2, -0.15) is 5.26 Å². The molecule has 0 saturated heterocycles. The number of hydrogen-bond donors (Lipinski definition) is 1. The van der Waals surface area contributed by atoms with Crippen molar-refractivity contribution in [2.45, 2.75) is 0 Å². The van der Waals surface area contributed by atoms with Gasteiger partial charge in [0, 0.05) is 4.70 Å². The molecule has 3 aromatic rings. The molecule has 3 rings (SSSR count). The number of rotatable bonds is 1. The Balaban J connectivity index is 2.15.